The third kappa shape index (κ3) is 4.14. The number of hydrogen-bond acceptors (Lipinski definition) is 5. The van der Waals surface area contributed by atoms with Gasteiger partial charge in [-0.15, -0.1) is 11.3 Å². The summed E-state index contributed by atoms with van der Waals surface area (Å²) in [5.41, 5.74) is 4.02. The molecule has 1 N–H and O–H groups in total. The number of nitrogens with one attached hydrogen (secondary N) is 1. The fraction of sp³-hybridized carbons (Fsp3) is 0.136. The van der Waals surface area contributed by atoms with Crippen molar-refractivity contribution in [3.8, 4) is 5.69 Å². The van der Waals surface area contributed by atoms with Crippen molar-refractivity contribution in [1.82, 2.24) is 9.55 Å². The maximum Gasteiger partial charge on any atom is 0.276 e. The Kier molecular flexibility index (Phi) is 5.94. The first-order valence-corrected chi connectivity index (χ1v) is 11.4. The third-order valence-electron chi connectivity index (χ3n) is 4.68. The molecule has 0 saturated carbocycles. The van der Waals surface area contributed by atoms with Crippen molar-refractivity contribution in [2.75, 3.05) is 11.1 Å². The zero-order valence-electron chi connectivity index (χ0n) is 16.3. The Hall–Kier alpha value is -2.61. The molecule has 8 heteroatoms. The summed E-state index contributed by atoms with van der Waals surface area (Å²) < 4.78 is 2.18. The van der Waals surface area contributed by atoms with Gasteiger partial charge in [0.25, 0.3) is 5.56 Å². The molecular formula is C22H18ClN3O2S2. The maximum atomic E-state index is 13.2. The summed E-state index contributed by atoms with van der Waals surface area (Å²) >= 11 is 8.70. The van der Waals surface area contributed by atoms with E-state index < -0.39 is 0 Å². The fourth-order valence-electron chi connectivity index (χ4n) is 2.96. The standard InChI is InChI=1S/C22H18ClN3O2S2/c1-13-7-8-15(11-14(13)2)26-21(28)20-18(9-10-29-20)25-22(26)30-12-19(27)24-17-6-4-3-5-16(17)23/h3-11H,12H2,1-2H3,(H,24,27). The zero-order valence-corrected chi connectivity index (χ0v) is 18.7. The van der Waals surface area contributed by atoms with Gasteiger partial charge in [0, 0.05) is 0 Å². The summed E-state index contributed by atoms with van der Waals surface area (Å²) in [4.78, 5) is 30.3. The Bertz CT molecular complexity index is 1310. The van der Waals surface area contributed by atoms with Crippen molar-refractivity contribution in [2.45, 2.75) is 19.0 Å². The monoisotopic (exact) mass is 455 g/mol. The molecule has 0 atom stereocenters. The van der Waals surface area contributed by atoms with Gasteiger partial charge in [-0.1, -0.05) is 41.6 Å². The second kappa shape index (κ2) is 8.63. The van der Waals surface area contributed by atoms with E-state index in [1.807, 2.05) is 43.5 Å². The van der Waals surface area contributed by atoms with Crippen molar-refractivity contribution in [1.29, 1.82) is 0 Å². The number of nitrogens with zero attached hydrogens (tertiary/aromatic N) is 2. The lowest BCUT2D eigenvalue weighted by atomic mass is 10.1. The van der Waals surface area contributed by atoms with Crippen LogP contribution in [0, 0.1) is 13.8 Å². The predicted octanol–water partition coefficient (Wildman–Crippen LogP) is 5.45. The Labute approximate surface area is 186 Å². The van der Waals surface area contributed by atoms with Crippen LogP contribution in [0.1, 0.15) is 11.1 Å². The minimum Gasteiger partial charge on any atom is -0.324 e. The molecular weight excluding hydrogens is 438 g/mol. The topological polar surface area (TPSA) is 64.0 Å². The van der Waals surface area contributed by atoms with Gasteiger partial charge in [0.1, 0.15) is 4.70 Å². The van der Waals surface area contributed by atoms with E-state index in [9.17, 15) is 9.59 Å². The molecule has 152 valence electrons. The number of fused-ring (bicyclic) bond motifs is 1. The molecule has 0 unspecified atom stereocenters. The highest BCUT2D eigenvalue weighted by molar-refractivity contribution is 7.99. The molecule has 2 aromatic carbocycles. The second-order valence-corrected chi connectivity index (χ2v) is 9.02. The van der Waals surface area contributed by atoms with Crippen LogP contribution in [0.5, 0.6) is 0 Å². The van der Waals surface area contributed by atoms with Crippen LogP contribution >= 0.6 is 34.7 Å². The smallest absolute Gasteiger partial charge is 0.276 e. The highest BCUT2D eigenvalue weighted by Gasteiger charge is 2.16. The number of amides is 1. The van der Waals surface area contributed by atoms with E-state index in [4.69, 9.17) is 11.6 Å². The average Bonchev–Trinajstić information content (AvgIpc) is 3.19. The molecule has 0 radical (unpaired) electrons. The van der Waals surface area contributed by atoms with Crippen LogP contribution in [-0.2, 0) is 4.79 Å². The van der Waals surface area contributed by atoms with E-state index in [-0.39, 0.29) is 17.2 Å². The van der Waals surface area contributed by atoms with Crippen LogP contribution < -0.4 is 10.9 Å². The molecule has 1 amide bonds. The first-order chi connectivity index (χ1) is 14.4. The Morgan fingerprint density at radius 1 is 1.17 bits per heavy atom. The number of benzene rings is 2. The van der Waals surface area contributed by atoms with Crippen LogP contribution in [0.15, 0.2) is 63.9 Å². The number of thiophene rings is 1. The molecule has 0 bridgehead atoms. The van der Waals surface area contributed by atoms with Crippen molar-refractivity contribution in [3.05, 3.63) is 80.4 Å². The van der Waals surface area contributed by atoms with Gasteiger partial charge in [-0.25, -0.2) is 4.98 Å². The summed E-state index contributed by atoms with van der Waals surface area (Å²) in [6.07, 6.45) is 0. The van der Waals surface area contributed by atoms with Gasteiger partial charge in [0.05, 0.1) is 27.7 Å². The lowest BCUT2D eigenvalue weighted by molar-refractivity contribution is -0.113. The van der Waals surface area contributed by atoms with Gasteiger partial charge < -0.3 is 5.32 Å². The molecule has 0 aliphatic heterocycles. The van der Waals surface area contributed by atoms with Gasteiger partial charge in [-0.2, -0.15) is 0 Å². The van der Waals surface area contributed by atoms with Gasteiger partial charge in [0.2, 0.25) is 5.91 Å². The lowest BCUT2D eigenvalue weighted by Crippen LogP contribution is -2.22. The number of anilines is 1. The van der Waals surface area contributed by atoms with Gasteiger partial charge >= 0.3 is 0 Å². The van der Waals surface area contributed by atoms with Crippen LogP contribution in [0.3, 0.4) is 0 Å². The molecule has 4 rings (SSSR count). The molecule has 0 spiro atoms. The lowest BCUT2D eigenvalue weighted by Gasteiger charge is -2.13. The van der Waals surface area contributed by atoms with E-state index in [0.717, 1.165) is 16.8 Å². The van der Waals surface area contributed by atoms with Crippen molar-refractivity contribution >= 4 is 56.5 Å². The highest BCUT2D eigenvalue weighted by atomic mass is 35.5. The van der Waals surface area contributed by atoms with Crippen LogP contribution in [0.2, 0.25) is 5.02 Å². The first-order valence-electron chi connectivity index (χ1n) is 9.19. The number of rotatable bonds is 5. The van der Waals surface area contributed by atoms with E-state index in [1.165, 1.54) is 23.1 Å². The number of aryl methyl sites for hydroxylation is 2. The van der Waals surface area contributed by atoms with Gasteiger partial charge in [-0.3, -0.25) is 14.2 Å². The number of hydrogen-bond donors (Lipinski definition) is 1. The maximum absolute atomic E-state index is 13.2. The largest absolute Gasteiger partial charge is 0.324 e. The van der Waals surface area contributed by atoms with Gasteiger partial charge in [-0.05, 0) is 60.7 Å². The molecule has 0 aliphatic carbocycles. The average molecular weight is 456 g/mol. The third-order valence-corrected chi connectivity index (χ3v) is 6.84. The van der Waals surface area contributed by atoms with Gasteiger partial charge in [0.15, 0.2) is 5.16 Å². The fourth-order valence-corrected chi connectivity index (χ4v) is 4.72. The van der Waals surface area contributed by atoms with E-state index in [1.54, 1.807) is 28.8 Å². The molecule has 30 heavy (non-hydrogen) atoms. The molecule has 2 heterocycles. The van der Waals surface area contributed by atoms with Crippen LogP contribution in [0.4, 0.5) is 5.69 Å². The molecule has 0 saturated heterocycles. The summed E-state index contributed by atoms with van der Waals surface area (Å²) in [5, 5.41) is 5.60. The van der Waals surface area contributed by atoms with Crippen molar-refractivity contribution in [3.63, 3.8) is 0 Å². The first kappa shape index (κ1) is 20.7. The Morgan fingerprint density at radius 3 is 2.73 bits per heavy atom. The minimum atomic E-state index is -0.223. The second-order valence-electron chi connectivity index (χ2n) is 6.76. The quantitative estimate of drug-likeness (QED) is 0.321. The molecule has 4 aromatic rings. The Morgan fingerprint density at radius 2 is 1.97 bits per heavy atom. The Balaban J connectivity index is 1.67. The van der Waals surface area contributed by atoms with E-state index in [2.05, 4.69) is 10.3 Å². The van der Waals surface area contributed by atoms with E-state index >= 15 is 0 Å². The van der Waals surface area contributed by atoms with Crippen molar-refractivity contribution < 1.29 is 4.79 Å². The minimum absolute atomic E-state index is 0.0954. The summed E-state index contributed by atoms with van der Waals surface area (Å²) in [5.74, 6) is -0.127. The van der Waals surface area contributed by atoms with Crippen LogP contribution in [0.25, 0.3) is 15.9 Å². The zero-order chi connectivity index (χ0) is 21.3. The van der Waals surface area contributed by atoms with Crippen molar-refractivity contribution in [2.24, 2.45) is 0 Å². The SMILES string of the molecule is Cc1ccc(-n2c(SCC(=O)Nc3ccccc3Cl)nc3ccsc3c2=O)cc1C. The summed E-state index contributed by atoms with van der Waals surface area (Å²) in [6, 6.07) is 14.7. The number of aromatic nitrogens is 2. The normalized spacial score (nSPS) is 11.0. The number of thioether (sulfide) groups is 1. The molecule has 5 nitrogen and oxygen atoms in total. The molecule has 2 aromatic heterocycles. The number of para-hydroxylation sites is 1. The summed E-state index contributed by atoms with van der Waals surface area (Å²) in [6.45, 7) is 4.03. The highest BCUT2D eigenvalue weighted by Crippen LogP contribution is 2.25. The van der Waals surface area contributed by atoms with E-state index in [0.29, 0.717) is 26.1 Å². The predicted molar refractivity (Wildman–Crippen MR) is 125 cm³/mol. The summed E-state index contributed by atoms with van der Waals surface area (Å²) in [7, 11) is 0. The number of carbonyl (C=O) groups excluding carboxylic acids is 1. The number of halogens is 1. The number of carbonyl (C=O) groups is 1. The molecule has 0 aliphatic rings. The molecule has 0 fully saturated rings. The van der Waals surface area contributed by atoms with Crippen LogP contribution in [-0.4, -0.2) is 21.2 Å².